The van der Waals surface area contributed by atoms with Gasteiger partial charge in [0.2, 0.25) is 0 Å². The Morgan fingerprint density at radius 2 is 0.824 bits per heavy atom. The molecule has 0 aliphatic carbocycles. The molecule has 206 valence electrons. The molecule has 0 atom stereocenters. The van der Waals surface area contributed by atoms with Crippen LogP contribution in [0.15, 0.2) is 0 Å². The maximum atomic E-state index is 14.8. The molecule has 0 amide bonds. The van der Waals surface area contributed by atoms with Crippen LogP contribution in [0, 0.1) is 0 Å². The number of unbranched alkanes of at least 4 members (excludes halogenated alkanes) is 8. The zero-order valence-corrected chi connectivity index (χ0v) is 21.0. The SMILES string of the molecule is CCO[Si](OCC)(OCC)C(F)(F)C(F)(F)C(F)(F)CCCCCCCCCCCC(F)(F)F. The number of hydrogen-bond acceptors (Lipinski definition) is 3. The van der Waals surface area contributed by atoms with Gasteiger partial charge in [0.15, 0.2) is 0 Å². The fraction of sp³-hybridized carbons (Fsp3) is 1.00. The second-order valence-corrected chi connectivity index (χ2v) is 10.6. The van der Waals surface area contributed by atoms with E-state index in [1.165, 1.54) is 20.8 Å². The van der Waals surface area contributed by atoms with E-state index < -0.39 is 71.5 Å². The first-order valence-electron chi connectivity index (χ1n) is 11.8. The number of hydrogen-bond donors (Lipinski definition) is 0. The largest absolute Gasteiger partial charge is 0.582 e. The molecule has 0 aromatic heterocycles. The fourth-order valence-electron chi connectivity index (χ4n) is 3.46. The van der Waals surface area contributed by atoms with E-state index in [0.29, 0.717) is 38.5 Å². The molecule has 0 fully saturated rings. The highest BCUT2D eigenvalue weighted by molar-refractivity contribution is 6.63. The molecule has 0 unspecified atom stereocenters. The summed E-state index contributed by atoms with van der Waals surface area (Å²) in [4.78, 5) is 0. The minimum absolute atomic E-state index is 0.0530. The van der Waals surface area contributed by atoms with Crippen molar-refractivity contribution in [2.75, 3.05) is 19.8 Å². The van der Waals surface area contributed by atoms with Gasteiger partial charge in [0.25, 0.3) is 0 Å². The molecule has 0 aliphatic rings. The molecule has 0 saturated heterocycles. The number of rotatable bonds is 20. The van der Waals surface area contributed by atoms with Crippen molar-refractivity contribution in [1.29, 1.82) is 0 Å². The average molecular weight is 537 g/mol. The molecule has 0 N–H and O–H groups in total. The van der Waals surface area contributed by atoms with Crippen molar-refractivity contribution in [2.24, 2.45) is 0 Å². The predicted molar refractivity (Wildman–Crippen MR) is 112 cm³/mol. The second-order valence-electron chi connectivity index (χ2n) is 8.01. The smallest absolute Gasteiger partial charge is 0.370 e. The normalized spacial score (nSPS) is 14.1. The van der Waals surface area contributed by atoms with Gasteiger partial charge in [-0.2, -0.15) is 39.5 Å². The maximum Gasteiger partial charge on any atom is 0.582 e. The molecule has 0 aromatic carbocycles. The van der Waals surface area contributed by atoms with Crippen LogP contribution in [0.25, 0.3) is 0 Å². The van der Waals surface area contributed by atoms with Gasteiger partial charge in [-0.15, -0.1) is 0 Å². The molecular weight excluding hydrogens is 499 g/mol. The van der Waals surface area contributed by atoms with Gasteiger partial charge in [-0.25, -0.2) is 0 Å². The van der Waals surface area contributed by atoms with Crippen molar-refractivity contribution < 1.29 is 52.8 Å². The van der Waals surface area contributed by atoms with Crippen molar-refractivity contribution in [3.63, 3.8) is 0 Å². The topological polar surface area (TPSA) is 27.7 Å². The van der Waals surface area contributed by atoms with Crippen LogP contribution < -0.4 is 0 Å². The summed E-state index contributed by atoms with van der Waals surface area (Å²) in [5.41, 5.74) is -5.35. The third-order valence-corrected chi connectivity index (χ3v) is 8.28. The van der Waals surface area contributed by atoms with Crippen LogP contribution in [-0.4, -0.2) is 52.2 Å². The summed E-state index contributed by atoms with van der Waals surface area (Å²) < 4.78 is 138. The van der Waals surface area contributed by atoms with Gasteiger partial charge in [-0.3, -0.25) is 0 Å². The Bertz CT molecular complexity index is 529. The number of halogens is 9. The monoisotopic (exact) mass is 536 g/mol. The average Bonchev–Trinajstić information content (AvgIpc) is 2.71. The highest BCUT2D eigenvalue weighted by Gasteiger charge is 2.83. The second kappa shape index (κ2) is 14.9. The Balaban J connectivity index is 4.68. The lowest BCUT2D eigenvalue weighted by Gasteiger charge is -2.40. The Hall–Kier alpha value is -0.533. The highest BCUT2D eigenvalue weighted by atomic mass is 28.4. The molecule has 0 radical (unpaired) electrons. The van der Waals surface area contributed by atoms with Crippen LogP contribution in [0.4, 0.5) is 39.5 Å². The predicted octanol–water partition coefficient (Wildman–Crippen LogP) is 8.33. The zero-order chi connectivity index (χ0) is 26.5. The van der Waals surface area contributed by atoms with Crippen molar-refractivity contribution in [3.05, 3.63) is 0 Å². The minimum atomic E-state index is -5.75. The van der Waals surface area contributed by atoms with Crippen molar-refractivity contribution in [1.82, 2.24) is 0 Å². The Labute approximate surface area is 197 Å². The van der Waals surface area contributed by atoms with Gasteiger partial charge < -0.3 is 13.3 Å². The van der Waals surface area contributed by atoms with Crippen LogP contribution in [0.5, 0.6) is 0 Å². The molecule has 0 spiro atoms. The summed E-state index contributed by atoms with van der Waals surface area (Å²) in [6, 6.07) is 0. The van der Waals surface area contributed by atoms with Crippen molar-refractivity contribution in [3.8, 4) is 0 Å². The van der Waals surface area contributed by atoms with Gasteiger partial charge in [-0.05, 0) is 33.6 Å². The van der Waals surface area contributed by atoms with E-state index >= 15 is 0 Å². The lowest BCUT2D eigenvalue weighted by Crippen LogP contribution is -2.72. The number of alkyl halides is 9. The third kappa shape index (κ3) is 9.85. The van der Waals surface area contributed by atoms with Gasteiger partial charge in [0, 0.05) is 32.7 Å². The molecule has 13 heteroatoms. The van der Waals surface area contributed by atoms with E-state index in [1.807, 2.05) is 0 Å². The Morgan fingerprint density at radius 3 is 1.15 bits per heavy atom. The van der Waals surface area contributed by atoms with E-state index in [4.69, 9.17) is 13.3 Å². The minimum Gasteiger partial charge on any atom is -0.370 e. The first-order valence-corrected chi connectivity index (χ1v) is 13.5. The standard InChI is InChI=1S/C21H37F9O3Si/c1-4-31-34(32-5-2,33-6-3)21(29,30)20(27,28)18(22,23)16-14-12-10-8-7-9-11-13-15-17-19(24,25)26/h4-17H2,1-3H3. The summed E-state index contributed by atoms with van der Waals surface area (Å²) in [7, 11) is -5.48. The van der Waals surface area contributed by atoms with E-state index in [9.17, 15) is 39.5 Å². The first-order chi connectivity index (χ1) is 15.6. The molecule has 34 heavy (non-hydrogen) atoms. The van der Waals surface area contributed by atoms with Gasteiger partial charge in [-0.1, -0.05) is 44.9 Å². The zero-order valence-electron chi connectivity index (χ0n) is 20.0. The lowest BCUT2D eigenvalue weighted by atomic mass is 10.0. The third-order valence-electron chi connectivity index (χ3n) is 5.19. The van der Waals surface area contributed by atoms with Crippen LogP contribution in [0.2, 0.25) is 0 Å². The molecule has 0 heterocycles. The molecule has 0 aromatic rings. The Kier molecular flexibility index (Phi) is 14.7. The van der Waals surface area contributed by atoms with Crippen molar-refractivity contribution >= 4 is 8.80 Å². The summed E-state index contributed by atoms with van der Waals surface area (Å²) in [5, 5.41) is 0. The highest BCUT2D eigenvalue weighted by Crippen LogP contribution is 2.52. The Morgan fingerprint density at radius 1 is 0.500 bits per heavy atom. The van der Waals surface area contributed by atoms with Crippen LogP contribution >= 0.6 is 0 Å². The maximum absolute atomic E-state index is 14.8. The van der Waals surface area contributed by atoms with Gasteiger partial charge in [0.05, 0.1) is 0 Å². The molecule has 0 saturated carbocycles. The van der Waals surface area contributed by atoms with Crippen LogP contribution in [0.3, 0.4) is 0 Å². The van der Waals surface area contributed by atoms with Crippen molar-refractivity contribution in [2.45, 2.75) is 115 Å². The van der Waals surface area contributed by atoms with E-state index in [2.05, 4.69) is 0 Å². The van der Waals surface area contributed by atoms with E-state index in [1.54, 1.807) is 0 Å². The van der Waals surface area contributed by atoms with Gasteiger partial charge in [0.1, 0.15) is 0 Å². The first kappa shape index (κ1) is 33.5. The summed E-state index contributed by atoms with van der Waals surface area (Å²) >= 11 is 0. The quantitative estimate of drug-likeness (QED) is 0.0889. The van der Waals surface area contributed by atoms with Crippen LogP contribution in [0.1, 0.15) is 91.4 Å². The molecule has 0 rings (SSSR count). The molecule has 0 aliphatic heterocycles. The molecule has 0 bridgehead atoms. The fourth-order valence-corrected chi connectivity index (χ4v) is 5.96. The van der Waals surface area contributed by atoms with Gasteiger partial charge >= 0.3 is 32.4 Å². The van der Waals surface area contributed by atoms with Crippen LogP contribution in [-0.2, 0) is 13.3 Å². The summed E-state index contributed by atoms with van der Waals surface area (Å²) in [5.74, 6) is -10.8. The molecular formula is C21H37F9O3Si. The van der Waals surface area contributed by atoms with E-state index in [-0.39, 0.29) is 12.8 Å². The summed E-state index contributed by atoms with van der Waals surface area (Å²) in [6.45, 7) is 2.29. The van der Waals surface area contributed by atoms with E-state index in [0.717, 1.165) is 0 Å². The molecule has 3 nitrogen and oxygen atoms in total. The lowest BCUT2D eigenvalue weighted by molar-refractivity contribution is -0.300. The summed E-state index contributed by atoms with van der Waals surface area (Å²) in [6.07, 6.45) is -3.23.